The summed E-state index contributed by atoms with van der Waals surface area (Å²) in [5.74, 6) is -0.464. The minimum Gasteiger partial charge on any atom is -0.375 e. The van der Waals surface area contributed by atoms with Crippen LogP contribution in [0.15, 0.2) is 6.20 Å². The maximum absolute atomic E-state index is 10.6. The van der Waals surface area contributed by atoms with Gasteiger partial charge in [-0.15, -0.1) is 11.3 Å². The van der Waals surface area contributed by atoms with Crippen LogP contribution in [0.5, 0.6) is 0 Å². The molecule has 0 saturated heterocycles. The zero-order valence-corrected chi connectivity index (χ0v) is 6.39. The van der Waals surface area contributed by atoms with Crippen LogP contribution >= 0.6 is 11.3 Å². The van der Waals surface area contributed by atoms with E-state index in [-0.39, 0.29) is 6.42 Å². The van der Waals surface area contributed by atoms with Gasteiger partial charge in [-0.3, -0.25) is 10.0 Å². The van der Waals surface area contributed by atoms with E-state index in [2.05, 4.69) is 4.98 Å². The molecule has 0 aliphatic carbocycles. The van der Waals surface area contributed by atoms with Crippen LogP contribution < -0.4 is 11.2 Å². The molecule has 1 aromatic heterocycles. The number of nitrogens with one attached hydrogen (secondary N) is 1. The molecule has 0 saturated carbocycles. The van der Waals surface area contributed by atoms with Crippen molar-refractivity contribution < 1.29 is 10.0 Å². The number of carbonyl (C=O) groups is 1. The van der Waals surface area contributed by atoms with Gasteiger partial charge < -0.3 is 5.73 Å². The molecule has 1 amide bonds. The van der Waals surface area contributed by atoms with Gasteiger partial charge in [0.15, 0.2) is 5.13 Å². The molecule has 0 spiro atoms. The van der Waals surface area contributed by atoms with E-state index >= 15 is 0 Å². The van der Waals surface area contributed by atoms with Crippen molar-refractivity contribution in [1.29, 1.82) is 0 Å². The number of anilines is 1. The van der Waals surface area contributed by atoms with Gasteiger partial charge in [-0.05, 0) is 0 Å². The van der Waals surface area contributed by atoms with Gasteiger partial charge in [0.2, 0.25) is 5.91 Å². The molecule has 1 rings (SSSR count). The fourth-order valence-corrected chi connectivity index (χ4v) is 1.28. The molecule has 1 heterocycles. The largest absolute Gasteiger partial charge is 0.375 e. The summed E-state index contributed by atoms with van der Waals surface area (Å²) in [5, 5.41) is 8.58. The minimum absolute atomic E-state index is 0.116. The van der Waals surface area contributed by atoms with Crippen molar-refractivity contribution in [3.8, 4) is 0 Å². The summed E-state index contributed by atoms with van der Waals surface area (Å²) < 4.78 is 0. The first-order chi connectivity index (χ1) is 5.22. The predicted octanol–water partition coefficient (Wildman–Crippen LogP) is -0.227. The van der Waals surface area contributed by atoms with E-state index in [1.54, 1.807) is 0 Å². The highest BCUT2D eigenvalue weighted by Crippen LogP contribution is 2.14. The number of aromatic nitrogens is 1. The van der Waals surface area contributed by atoms with E-state index in [1.165, 1.54) is 23.0 Å². The summed E-state index contributed by atoms with van der Waals surface area (Å²) in [5.41, 5.74) is 6.83. The van der Waals surface area contributed by atoms with Crippen LogP contribution in [-0.4, -0.2) is 16.1 Å². The zero-order chi connectivity index (χ0) is 8.27. The van der Waals surface area contributed by atoms with Crippen molar-refractivity contribution in [2.24, 2.45) is 0 Å². The lowest BCUT2D eigenvalue weighted by Gasteiger charge is -1.92. The number of hydrogen-bond donors (Lipinski definition) is 3. The van der Waals surface area contributed by atoms with Crippen molar-refractivity contribution in [3.05, 3.63) is 11.1 Å². The van der Waals surface area contributed by atoms with E-state index in [1.807, 2.05) is 0 Å². The van der Waals surface area contributed by atoms with Crippen LogP contribution in [0, 0.1) is 0 Å². The van der Waals surface area contributed by atoms with Crippen LogP contribution in [0.2, 0.25) is 0 Å². The highest BCUT2D eigenvalue weighted by Gasteiger charge is 2.03. The third-order valence-corrected chi connectivity index (χ3v) is 1.86. The van der Waals surface area contributed by atoms with E-state index < -0.39 is 5.91 Å². The number of rotatable bonds is 2. The number of hydrogen-bond acceptors (Lipinski definition) is 5. The lowest BCUT2D eigenvalue weighted by Crippen LogP contribution is -2.20. The van der Waals surface area contributed by atoms with E-state index in [9.17, 15) is 4.79 Å². The lowest BCUT2D eigenvalue weighted by molar-refractivity contribution is -0.128. The first-order valence-corrected chi connectivity index (χ1v) is 3.67. The van der Waals surface area contributed by atoms with Crippen LogP contribution in [0.4, 0.5) is 5.13 Å². The number of nitrogens with two attached hydrogens (primary N) is 1. The Kier molecular flexibility index (Phi) is 2.40. The third kappa shape index (κ3) is 2.17. The Balaban J connectivity index is 2.57. The summed E-state index contributed by atoms with van der Waals surface area (Å²) in [6, 6.07) is 0. The van der Waals surface area contributed by atoms with Crippen LogP contribution in [0.1, 0.15) is 4.88 Å². The number of nitrogen functional groups attached to an aromatic ring is 1. The fraction of sp³-hybridized carbons (Fsp3) is 0.200. The van der Waals surface area contributed by atoms with Crippen molar-refractivity contribution in [2.45, 2.75) is 6.42 Å². The summed E-state index contributed by atoms with van der Waals surface area (Å²) in [7, 11) is 0. The molecule has 0 unspecified atom stereocenters. The Labute approximate surface area is 66.8 Å². The molecular weight excluding hydrogens is 166 g/mol. The number of amides is 1. The fourth-order valence-electron chi connectivity index (χ4n) is 0.602. The summed E-state index contributed by atoms with van der Waals surface area (Å²) in [6.07, 6.45) is 1.63. The molecule has 0 aromatic carbocycles. The summed E-state index contributed by atoms with van der Waals surface area (Å²) in [4.78, 5) is 15.0. The second kappa shape index (κ2) is 3.31. The number of nitrogens with zero attached hydrogens (tertiary/aromatic N) is 1. The van der Waals surface area contributed by atoms with Gasteiger partial charge in [0.25, 0.3) is 0 Å². The molecule has 0 bridgehead atoms. The first-order valence-electron chi connectivity index (χ1n) is 2.85. The molecule has 1 aromatic rings. The molecule has 6 heteroatoms. The van der Waals surface area contributed by atoms with Crippen LogP contribution in [0.25, 0.3) is 0 Å². The minimum atomic E-state index is -0.464. The Morgan fingerprint density at radius 1 is 1.91 bits per heavy atom. The van der Waals surface area contributed by atoms with E-state index in [0.717, 1.165) is 4.88 Å². The normalized spacial score (nSPS) is 9.55. The Morgan fingerprint density at radius 3 is 3.09 bits per heavy atom. The topological polar surface area (TPSA) is 88.2 Å². The monoisotopic (exact) mass is 173 g/mol. The van der Waals surface area contributed by atoms with Crippen molar-refractivity contribution in [3.63, 3.8) is 0 Å². The quantitative estimate of drug-likeness (QED) is 0.426. The standard InChI is InChI=1S/C5H7N3O2S/c6-5-7-2-3(11-5)1-4(9)8-10/h2,10H,1H2,(H2,6,7)(H,8,9). The predicted molar refractivity (Wildman–Crippen MR) is 40.2 cm³/mol. The van der Waals surface area contributed by atoms with Gasteiger partial charge in [-0.2, -0.15) is 0 Å². The number of hydroxylamine groups is 1. The molecule has 11 heavy (non-hydrogen) atoms. The van der Waals surface area contributed by atoms with Crippen molar-refractivity contribution >= 4 is 22.4 Å². The van der Waals surface area contributed by atoms with Gasteiger partial charge in [0.1, 0.15) is 0 Å². The van der Waals surface area contributed by atoms with Gasteiger partial charge in [-0.1, -0.05) is 0 Å². The Hall–Kier alpha value is -1.14. The zero-order valence-electron chi connectivity index (χ0n) is 5.57. The molecule has 4 N–H and O–H groups in total. The van der Waals surface area contributed by atoms with E-state index in [4.69, 9.17) is 10.9 Å². The van der Waals surface area contributed by atoms with Crippen molar-refractivity contribution in [2.75, 3.05) is 5.73 Å². The second-order valence-corrected chi connectivity index (χ2v) is 3.02. The highest BCUT2D eigenvalue weighted by atomic mass is 32.1. The lowest BCUT2D eigenvalue weighted by atomic mass is 10.4. The average molecular weight is 173 g/mol. The molecule has 0 atom stereocenters. The second-order valence-electron chi connectivity index (χ2n) is 1.88. The molecule has 60 valence electrons. The third-order valence-electron chi connectivity index (χ3n) is 1.03. The molecule has 0 aliphatic heterocycles. The van der Waals surface area contributed by atoms with Crippen LogP contribution in [-0.2, 0) is 11.2 Å². The maximum atomic E-state index is 10.6. The SMILES string of the molecule is Nc1ncc(CC(=O)NO)s1. The highest BCUT2D eigenvalue weighted by molar-refractivity contribution is 7.15. The van der Waals surface area contributed by atoms with Gasteiger partial charge in [-0.25, -0.2) is 10.5 Å². The van der Waals surface area contributed by atoms with E-state index in [0.29, 0.717) is 5.13 Å². The number of carbonyl (C=O) groups excluding carboxylic acids is 1. The van der Waals surface area contributed by atoms with Gasteiger partial charge >= 0.3 is 0 Å². The molecule has 5 nitrogen and oxygen atoms in total. The van der Waals surface area contributed by atoms with Crippen LogP contribution in [0.3, 0.4) is 0 Å². The Morgan fingerprint density at radius 2 is 2.64 bits per heavy atom. The maximum Gasteiger partial charge on any atom is 0.248 e. The van der Waals surface area contributed by atoms with Gasteiger partial charge in [0, 0.05) is 11.1 Å². The molecule has 0 fully saturated rings. The summed E-state index contributed by atoms with van der Waals surface area (Å²) in [6.45, 7) is 0. The molecular formula is C5H7N3O2S. The Bertz CT molecular complexity index is 260. The molecule has 0 aliphatic rings. The summed E-state index contributed by atoms with van der Waals surface area (Å²) >= 11 is 1.23. The van der Waals surface area contributed by atoms with Gasteiger partial charge in [0.05, 0.1) is 6.42 Å². The first kappa shape index (κ1) is 7.96. The molecule has 0 radical (unpaired) electrons. The smallest absolute Gasteiger partial charge is 0.248 e. The van der Waals surface area contributed by atoms with Crippen molar-refractivity contribution in [1.82, 2.24) is 10.5 Å². The average Bonchev–Trinajstić information content (AvgIpc) is 2.35. The number of thiazole rings is 1.